The molecule has 0 aliphatic carbocycles. The summed E-state index contributed by atoms with van der Waals surface area (Å²) in [6.07, 6.45) is -0.309. The zero-order valence-corrected chi connectivity index (χ0v) is 13.6. The van der Waals surface area contributed by atoms with Crippen molar-refractivity contribution in [2.24, 2.45) is 0 Å². The third kappa shape index (κ3) is 4.49. The van der Waals surface area contributed by atoms with Crippen molar-refractivity contribution >= 4 is 0 Å². The van der Waals surface area contributed by atoms with E-state index in [0.717, 1.165) is 11.3 Å². The Morgan fingerprint density at radius 1 is 0.857 bits per heavy atom. The van der Waals surface area contributed by atoms with Crippen LogP contribution in [0.1, 0.15) is 12.5 Å². The first kappa shape index (κ1) is 17.6. The average Bonchev–Trinajstić information content (AvgIpc) is 2.52. The van der Waals surface area contributed by atoms with Gasteiger partial charge in [-0.05, 0) is 13.0 Å². The summed E-state index contributed by atoms with van der Waals surface area (Å²) < 4.78 is 26.4. The van der Waals surface area contributed by atoms with Gasteiger partial charge in [-0.15, -0.1) is 0 Å². The van der Waals surface area contributed by atoms with E-state index in [2.05, 4.69) is 5.32 Å². The van der Waals surface area contributed by atoms with Gasteiger partial charge in [-0.3, -0.25) is 0 Å². The molecule has 6 heteroatoms. The highest BCUT2D eigenvalue weighted by molar-refractivity contribution is 5.50. The summed E-state index contributed by atoms with van der Waals surface area (Å²) in [4.78, 5) is 0. The second-order valence-corrected chi connectivity index (χ2v) is 4.53. The van der Waals surface area contributed by atoms with Gasteiger partial charge in [-0.1, -0.05) is 0 Å². The van der Waals surface area contributed by atoms with Crippen LogP contribution in [0.5, 0.6) is 17.2 Å². The van der Waals surface area contributed by atoms with Gasteiger partial charge in [0.15, 0.2) is 17.8 Å². The highest BCUT2D eigenvalue weighted by Gasteiger charge is 2.17. The number of hydrogen-bond donors (Lipinski definition) is 1. The Kier molecular flexibility index (Phi) is 7.28. The summed E-state index contributed by atoms with van der Waals surface area (Å²) in [6.45, 7) is 2.58. The normalized spacial score (nSPS) is 12.3. The topological polar surface area (TPSA) is 58.2 Å². The number of methoxy groups -OCH3 is 5. The maximum absolute atomic E-state index is 5.39. The molecular formula is C15H25NO5. The van der Waals surface area contributed by atoms with Crippen LogP contribution in [-0.2, 0) is 16.0 Å². The number of hydrogen-bond acceptors (Lipinski definition) is 6. The maximum Gasteiger partial charge on any atom is 0.171 e. The van der Waals surface area contributed by atoms with Gasteiger partial charge in [-0.25, -0.2) is 0 Å². The van der Waals surface area contributed by atoms with Crippen molar-refractivity contribution < 1.29 is 23.7 Å². The molecule has 0 radical (unpaired) electrons. The zero-order chi connectivity index (χ0) is 15.8. The summed E-state index contributed by atoms with van der Waals surface area (Å²) in [5.41, 5.74) is 0.966. The van der Waals surface area contributed by atoms with Crippen molar-refractivity contribution in [2.45, 2.75) is 25.8 Å². The second kappa shape index (κ2) is 8.71. The largest absolute Gasteiger partial charge is 0.496 e. The van der Waals surface area contributed by atoms with E-state index >= 15 is 0 Å². The van der Waals surface area contributed by atoms with Gasteiger partial charge in [0.25, 0.3) is 0 Å². The fourth-order valence-corrected chi connectivity index (χ4v) is 2.10. The third-order valence-electron chi connectivity index (χ3n) is 3.27. The van der Waals surface area contributed by atoms with Gasteiger partial charge >= 0.3 is 0 Å². The predicted molar refractivity (Wildman–Crippen MR) is 80.2 cm³/mol. The highest BCUT2D eigenvalue weighted by Crippen LogP contribution is 2.34. The Morgan fingerprint density at radius 2 is 1.38 bits per heavy atom. The molecule has 1 aromatic carbocycles. The lowest BCUT2D eigenvalue weighted by Crippen LogP contribution is -2.39. The predicted octanol–water partition coefficient (Wildman–Crippen LogP) is 1.81. The molecular weight excluding hydrogens is 274 g/mol. The van der Waals surface area contributed by atoms with Gasteiger partial charge in [0.2, 0.25) is 0 Å². The second-order valence-electron chi connectivity index (χ2n) is 4.53. The quantitative estimate of drug-likeness (QED) is 0.702. The molecule has 0 heterocycles. The van der Waals surface area contributed by atoms with Crippen LogP contribution in [-0.4, -0.2) is 47.9 Å². The highest BCUT2D eigenvalue weighted by atomic mass is 16.7. The summed E-state index contributed by atoms with van der Waals surface area (Å²) in [7, 11) is 8.06. The lowest BCUT2D eigenvalue weighted by molar-refractivity contribution is -0.119. The monoisotopic (exact) mass is 299 g/mol. The van der Waals surface area contributed by atoms with E-state index in [4.69, 9.17) is 23.7 Å². The van der Waals surface area contributed by atoms with Crippen LogP contribution in [0.15, 0.2) is 12.1 Å². The molecule has 0 aliphatic rings. The van der Waals surface area contributed by atoms with E-state index in [1.54, 1.807) is 35.5 Å². The SMILES string of the molecule is COc1cc(OC)c(OC)cc1CNC(C)C(OC)OC. The fraction of sp³-hybridized carbons (Fsp3) is 0.600. The van der Waals surface area contributed by atoms with E-state index in [9.17, 15) is 0 Å². The molecule has 21 heavy (non-hydrogen) atoms. The average molecular weight is 299 g/mol. The standard InChI is InChI=1S/C15H25NO5/c1-10(15(20-5)21-6)16-9-11-7-13(18-3)14(19-4)8-12(11)17-2/h7-8,10,15-16H,9H2,1-6H3. The molecule has 0 saturated carbocycles. The van der Waals surface area contributed by atoms with E-state index < -0.39 is 0 Å². The van der Waals surface area contributed by atoms with Gasteiger partial charge in [-0.2, -0.15) is 0 Å². The molecule has 120 valence electrons. The lowest BCUT2D eigenvalue weighted by atomic mass is 10.1. The van der Waals surface area contributed by atoms with Gasteiger partial charge in [0, 0.05) is 32.4 Å². The Morgan fingerprint density at radius 3 is 1.86 bits per heavy atom. The summed E-state index contributed by atoms with van der Waals surface area (Å²) in [5, 5.41) is 3.34. The number of benzene rings is 1. The van der Waals surface area contributed by atoms with E-state index in [1.165, 1.54) is 0 Å². The lowest BCUT2D eigenvalue weighted by Gasteiger charge is -2.23. The van der Waals surface area contributed by atoms with Crippen LogP contribution in [0.3, 0.4) is 0 Å². The number of nitrogens with one attached hydrogen (secondary N) is 1. The molecule has 1 rings (SSSR count). The molecule has 0 saturated heterocycles. The van der Waals surface area contributed by atoms with E-state index in [0.29, 0.717) is 18.0 Å². The maximum atomic E-state index is 5.39. The van der Waals surface area contributed by atoms with E-state index in [-0.39, 0.29) is 12.3 Å². The third-order valence-corrected chi connectivity index (χ3v) is 3.27. The van der Waals surface area contributed by atoms with Crippen LogP contribution in [0.25, 0.3) is 0 Å². The van der Waals surface area contributed by atoms with Crippen molar-refractivity contribution in [3.63, 3.8) is 0 Å². The van der Waals surface area contributed by atoms with E-state index in [1.807, 2.05) is 19.1 Å². The molecule has 0 bridgehead atoms. The zero-order valence-electron chi connectivity index (χ0n) is 13.6. The first-order valence-corrected chi connectivity index (χ1v) is 6.69. The van der Waals surface area contributed by atoms with Gasteiger partial charge in [0.1, 0.15) is 5.75 Å². The molecule has 0 spiro atoms. The van der Waals surface area contributed by atoms with Gasteiger partial charge in [0.05, 0.1) is 27.4 Å². The van der Waals surface area contributed by atoms with Crippen molar-refractivity contribution in [1.82, 2.24) is 5.32 Å². The Labute approximate surface area is 126 Å². The van der Waals surface area contributed by atoms with Crippen LogP contribution in [0, 0.1) is 0 Å². The minimum Gasteiger partial charge on any atom is -0.496 e. The molecule has 0 fully saturated rings. The molecule has 6 nitrogen and oxygen atoms in total. The number of ether oxygens (including phenoxy) is 5. The van der Waals surface area contributed by atoms with Crippen molar-refractivity contribution in [2.75, 3.05) is 35.5 Å². The van der Waals surface area contributed by atoms with Crippen LogP contribution < -0.4 is 19.5 Å². The van der Waals surface area contributed by atoms with Crippen molar-refractivity contribution in [3.05, 3.63) is 17.7 Å². The molecule has 1 atom stereocenters. The molecule has 0 aromatic heterocycles. The summed E-state index contributed by atoms with van der Waals surface area (Å²) in [5.74, 6) is 2.04. The smallest absolute Gasteiger partial charge is 0.171 e. The first-order valence-electron chi connectivity index (χ1n) is 6.69. The molecule has 0 amide bonds. The number of rotatable bonds is 9. The molecule has 1 aromatic rings. The Bertz CT molecular complexity index is 434. The van der Waals surface area contributed by atoms with Gasteiger partial charge < -0.3 is 29.0 Å². The van der Waals surface area contributed by atoms with Crippen LogP contribution in [0.2, 0.25) is 0 Å². The fourth-order valence-electron chi connectivity index (χ4n) is 2.10. The Hall–Kier alpha value is -1.50. The summed E-state index contributed by atoms with van der Waals surface area (Å²) in [6, 6.07) is 3.73. The molecule has 1 unspecified atom stereocenters. The Balaban J connectivity index is 2.87. The molecule has 1 N–H and O–H groups in total. The molecule has 0 aliphatic heterocycles. The van der Waals surface area contributed by atoms with Crippen LogP contribution in [0.4, 0.5) is 0 Å². The minimum absolute atomic E-state index is 0.0257. The minimum atomic E-state index is -0.309. The van der Waals surface area contributed by atoms with Crippen molar-refractivity contribution in [3.8, 4) is 17.2 Å². The van der Waals surface area contributed by atoms with Crippen LogP contribution >= 0.6 is 0 Å². The first-order chi connectivity index (χ1) is 10.1. The van der Waals surface area contributed by atoms with Crippen molar-refractivity contribution in [1.29, 1.82) is 0 Å². The summed E-state index contributed by atoms with van der Waals surface area (Å²) >= 11 is 0.